The highest BCUT2D eigenvalue weighted by Crippen LogP contribution is 2.35. The van der Waals surface area contributed by atoms with Gasteiger partial charge in [-0.25, -0.2) is 15.0 Å². The molecule has 7 nitrogen and oxygen atoms in total. The molecule has 3 heterocycles. The zero-order valence-corrected chi connectivity index (χ0v) is 17.3. The molecule has 29 heavy (non-hydrogen) atoms. The van der Waals surface area contributed by atoms with E-state index in [4.69, 9.17) is 9.47 Å². The van der Waals surface area contributed by atoms with E-state index in [1.807, 2.05) is 48.7 Å². The maximum absolute atomic E-state index is 6.08. The third-order valence-corrected chi connectivity index (χ3v) is 5.38. The van der Waals surface area contributed by atoms with Crippen molar-refractivity contribution in [3.05, 3.63) is 65.9 Å². The number of anilines is 2. The number of benzene rings is 1. The van der Waals surface area contributed by atoms with E-state index in [0.717, 1.165) is 15.7 Å². The van der Waals surface area contributed by atoms with E-state index in [1.165, 1.54) is 23.1 Å². The molecule has 0 aliphatic rings. The van der Waals surface area contributed by atoms with Gasteiger partial charge in [0.05, 0.1) is 12.8 Å². The molecule has 0 aliphatic heterocycles. The molecule has 0 bridgehead atoms. The van der Waals surface area contributed by atoms with E-state index in [-0.39, 0.29) is 0 Å². The largest absolute Gasteiger partial charge is 0.481 e. The molecule has 3 aromatic heterocycles. The lowest BCUT2D eigenvalue weighted by atomic mass is 10.3. The molecule has 0 aliphatic carbocycles. The summed E-state index contributed by atoms with van der Waals surface area (Å²) in [5.74, 6) is 2.39. The van der Waals surface area contributed by atoms with Crippen molar-refractivity contribution in [3.63, 3.8) is 0 Å². The minimum absolute atomic E-state index is 0.508. The molecule has 0 saturated carbocycles. The highest BCUT2D eigenvalue weighted by Gasteiger charge is 2.12. The van der Waals surface area contributed by atoms with Crippen LogP contribution in [0.25, 0.3) is 0 Å². The van der Waals surface area contributed by atoms with Gasteiger partial charge < -0.3 is 14.8 Å². The standard InChI is InChI=1S/C20H17N5O2S2/c1-13-12-28-20(23-13)25-18-16(27-14-6-4-3-5-7-14)10-15(11-22-18)29-19-21-9-8-17(24-19)26-2/h3-12H,1-2H3,(H,22,23,25). The minimum atomic E-state index is 0.508. The van der Waals surface area contributed by atoms with E-state index in [9.17, 15) is 0 Å². The van der Waals surface area contributed by atoms with Crippen LogP contribution in [0.1, 0.15) is 5.69 Å². The molecule has 0 unspecified atom stereocenters. The molecular weight excluding hydrogens is 406 g/mol. The summed E-state index contributed by atoms with van der Waals surface area (Å²) in [6, 6.07) is 13.2. The Morgan fingerprint density at radius 1 is 1.07 bits per heavy atom. The normalized spacial score (nSPS) is 10.6. The van der Waals surface area contributed by atoms with Crippen LogP contribution in [0.15, 0.2) is 70.3 Å². The van der Waals surface area contributed by atoms with Gasteiger partial charge in [0.2, 0.25) is 5.88 Å². The molecule has 0 radical (unpaired) electrons. The molecule has 4 aromatic rings. The van der Waals surface area contributed by atoms with Crippen molar-refractivity contribution in [1.29, 1.82) is 0 Å². The molecule has 0 atom stereocenters. The first-order chi connectivity index (χ1) is 14.2. The zero-order chi connectivity index (χ0) is 20.1. The Bertz CT molecular complexity index is 1100. The van der Waals surface area contributed by atoms with Gasteiger partial charge in [-0.1, -0.05) is 18.2 Å². The number of rotatable bonds is 7. The van der Waals surface area contributed by atoms with E-state index in [0.29, 0.717) is 28.4 Å². The Labute approximate surface area is 176 Å². The second kappa shape index (κ2) is 8.89. The SMILES string of the molecule is COc1ccnc(Sc2cnc(Nc3nc(C)cs3)c(Oc3ccccc3)c2)n1. The average Bonchev–Trinajstić information content (AvgIpc) is 3.15. The molecule has 1 aromatic carbocycles. The fourth-order valence-corrected chi connectivity index (χ4v) is 3.79. The smallest absolute Gasteiger partial charge is 0.217 e. The lowest BCUT2D eigenvalue weighted by Gasteiger charge is -2.12. The number of nitrogens with zero attached hydrogens (tertiary/aromatic N) is 4. The monoisotopic (exact) mass is 423 g/mol. The van der Waals surface area contributed by atoms with Gasteiger partial charge in [-0.3, -0.25) is 0 Å². The van der Waals surface area contributed by atoms with Crippen LogP contribution in [0, 0.1) is 6.92 Å². The van der Waals surface area contributed by atoms with Gasteiger partial charge in [0.1, 0.15) is 5.75 Å². The number of hydrogen-bond donors (Lipinski definition) is 1. The second-order valence-electron chi connectivity index (χ2n) is 5.84. The van der Waals surface area contributed by atoms with Gasteiger partial charge in [0.15, 0.2) is 21.9 Å². The summed E-state index contributed by atoms with van der Waals surface area (Å²) < 4.78 is 11.2. The van der Waals surface area contributed by atoms with Crippen molar-refractivity contribution in [1.82, 2.24) is 19.9 Å². The quantitative estimate of drug-likeness (QED) is 0.399. The van der Waals surface area contributed by atoms with Gasteiger partial charge in [-0.15, -0.1) is 11.3 Å². The molecule has 146 valence electrons. The van der Waals surface area contributed by atoms with Gasteiger partial charge in [-0.05, 0) is 30.8 Å². The minimum Gasteiger partial charge on any atom is -0.481 e. The molecule has 0 fully saturated rings. The van der Waals surface area contributed by atoms with Crippen LogP contribution in [0.2, 0.25) is 0 Å². The van der Waals surface area contributed by atoms with E-state index < -0.39 is 0 Å². The predicted octanol–water partition coefficient (Wildman–Crippen LogP) is 5.33. The summed E-state index contributed by atoms with van der Waals surface area (Å²) in [6.45, 7) is 1.95. The second-order valence-corrected chi connectivity index (χ2v) is 7.73. The number of pyridine rings is 1. The Kier molecular flexibility index (Phi) is 5.87. The van der Waals surface area contributed by atoms with Crippen molar-refractivity contribution >= 4 is 34.0 Å². The first-order valence-corrected chi connectivity index (χ1v) is 10.4. The molecular formula is C20H17N5O2S2. The Morgan fingerprint density at radius 2 is 1.93 bits per heavy atom. The topological polar surface area (TPSA) is 82.1 Å². The average molecular weight is 424 g/mol. The maximum atomic E-state index is 6.08. The first-order valence-electron chi connectivity index (χ1n) is 8.66. The van der Waals surface area contributed by atoms with Crippen molar-refractivity contribution in [2.75, 3.05) is 12.4 Å². The number of ether oxygens (including phenoxy) is 2. The van der Waals surface area contributed by atoms with E-state index >= 15 is 0 Å². The third-order valence-electron chi connectivity index (χ3n) is 3.67. The fourth-order valence-electron chi connectivity index (χ4n) is 2.38. The highest BCUT2D eigenvalue weighted by molar-refractivity contribution is 7.99. The van der Waals surface area contributed by atoms with Gasteiger partial charge >= 0.3 is 0 Å². The number of nitrogens with one attached hydrogen (secondary N) is 1. The molecule has 9 heteroatoms. The fraction of sp³-hybridized carbons (Fsp3) is 0.100. The third kappa shape index (κ3) is 5.01. The van der Waals surface area contributed by atoms with Gasteiger partial charge in [0.25, 0.3) is 0 Å². The van der Waals surface area contributed by atoms with E-state index in [2.05, 4.69) is 25.3 Å². The number of aryl methyl sites for hydroxylation is 1. The Morgan fingerprint density at radius 3 is 2.69 bits per heavy atom. The summed E-state index contributed by atoms with van der Waals surface area (Å²) in [6.07, 6.45) is 3.40. The Balaban J connectivity index is 1.64. The number of hydrogen-bond acceptors (Lipinski definition) is 9. The van der Waals surface area contributed by atoms with Crippen molar-refractivity contribution in [2.45, 2.75) is 17.0 Å². The number of methoxy groups -OCH3 is 1. The summed E-state index contributed by atoms with van der Waals surface area (Å²) in [4.78, 5) is 18.4. The van der Waals surface area contributed by atoms with Crippen LogP contribution in [-0.4, -0.2) is 27.0 Å². The predicted molar refractivity (Wildman–Crippen MR) is 114 cm³/mol. The Hall–Kier alpha value is -3.17. The summed E-state index contributed by atoms with van der Waals surface area (Å²) in [7, 11) is 1.57. The van der Waals surface area contributed by atoms with Crippen LogP contribution in [0.3, 0.4) is 0 Å². The van der Waals surface area contributed by atoms with Crippen molar-refractivity contribution in [3.8, 4) is 17.4 Å². The lowest BCUT2D eigenvalue weighted by molar-refractivity contribution is 0.392. The zero-order valence-electron chi connectivity index (χ0n) is 15.7. The van der Waals surface area contributed by atoms with Crippen LogP contribution in [0.4, 0.5) is 10.9 Å². The molecule has 0 spiro atoms. The molecule has 0 amide bonds. The van der Waals surface area contributed by atoms with Crippen molar-refractivity contribution < 1.29 is 9.47 Å². The van der Waals surface area contributed by atoms with Crippen LogP contribution in [0.5, 0.6) is 17.4 Å². The molecule has 1 N–H and O–H groups in total. The number of para-hydroxylation sites is 1. The first kappa shape index (κ1) is 19.2. The van der Waals surface area contributed by atoms with Crippen LogP contribution < -0.4 is 14.8 Å². The maximum Gasteiger partial charge on any atom is 0.217 e. The molecule has 4 rings (SSSR count). The van der Waals surface area contributed by atoms with Crippen LogP contribution in [-0.2, 0) is 0 Å². The summed E-state index contributed by atoms with van der Waals surface area (Å²) >= 11 is 2.89. The van der Waals surface area contributed by atoms with E-state index in [1.54, 1.807) is 25.6 Å². The number of aromatic nitrogens is 4. The lowest BCUT2D eigenvalue weighted by Crippen LogP contribution is -1.98. The summed E-state index contributed by atoms with van der Waals surface area (Å²) in [5.41, 5.74) is 0.949. The van der Waals surface area contributed by atoms with Gasteiger partial charge in [-0.2, -0.15) is 4.98 Å². The number of thiazole rings is 1. The van der Waals surface area contributed by atoms with Crippen LogP contribution >= 0.6 is 23.1 Å². The molecule has 0 saturated heterocycles. The highest BCUT2D eigenvalue weighted by atomic mass is 32.2. The van der Waals surface area contributed by atoms with Crippen molar-refractivity contribution in [2.24, 2.45) is 0 Å². The van der Waals surface area contributed by atoms with Gasteiger partial charge in [0, 0.05) is 34.8 Å². The summed E-state index contributed by atoms with van der Waals surface area (Å²) in [5, 5.41) is 6.53.